The molecule has 3 N–H and O–H groups in total. The van der Waals surface area contributed by atoms with E-state index in [9.17, 15) is 9.59 Å². The van der Waals surface area contributed by atoms with Crippen molar-refractivity contribution in [3.8, 4) is 5.75 Å². The summed E-state index contributed by atoms with van der Waals surface area (Å²) in [5.41, 5.74) is 1.85. The van der Waals surface area contributed by atoms with Gasteiger partial charge in [-0.3, -0.25) is 14.9 Å². The summed E-state index contributed by atoms with van der Waals surface area (Å²) in [7, 11) is 0. The summed E-state index contributed by atoms with van der Waals surface area (Å²) < 4.78 is 5.72. The first-order valence-corrected chi connectivity index (χ1v) is 11.7. The van der Waals surface area contributed by atoms with E-state index in [1.807, 2.05) is 13.8 Å². The van der Waals surface area contributed by atoms with Crippen LogP contribution in [0.2, 0.25) is 10.0 Å². The first-order valence-electron chi connectivity index (χ1n) is 10.5. The lowest BCUT2D eigenvalue weighted by Crippen LogP contribution is -2.34. The summed E-state index contributed by atoms with van der Waals surface area (Å²) in [6.45, 7) is 4.03. The highest BCUT2D eigenvalue weighted by Gasteiger charge is 2.12. The van der Waals surface area contributed by atoms with Crippen molar-refractivity contribution in [2.75, 3.05) is 10.6 Å². The van der Waals surface area contributed by atoms with Crippen molar-refractivity contribution >= 4 is 63.7 Å². The van der Waals surface area contributed by atoms with Gasteiger partial charge in [0, 0.05) is 22.0 Å². The number of amides is 2. The fourth-order valence-electron chi connectivity index (χ4n) is 2.88. The van der Waals surface area contributed by atoms with E-state index in [1.54, 1.807) is 60.7 Å². The van der Waals surface area contributed by atoms with Crippen LogP contribution in [0.3, 0.4) is 0 Å². The van der Waals surface area contributed by atoms with Crippen LogP contribution in [-0.2, 0) is 0 Å². The Bertz CT molecular complexity index is 1200. The minimum atomic E-state index is -0.379. The van der Waals surface area contributed by atoms with E-state index in [2.05, 4.69) is 16.0 Å². The quantitative estimate of drug-likeness (QED) is 0.311. The normalized spacial score (nSPS) is 11.3. The van der Waals surface area contributed by atoms with Gasteiger partial charge in [-0.2, -0.15) is 0 Å². The molecule has 0 saturated carbocycles. The van der Waals surface area contributed by atoms with Gasteiger partial charge in [0.15, 0.2) is 5.11 Å². The van der Waals surface area contributed by atoms with Crippen molar-refractivity contribution in [2.24, 2.45) is 0 Å². The van der Waals surface area contributed by atoms with E-state index in [-0.39, 0.29) is 28.1 Å². The highest BCUT2D eigenvalue weighted by Crippen LogP contribution is 2.23. The summed E-state index contributed by atoms with van der Waals surface area (Å²) in [4.78, 5) is 25.0. The Kier molecular flexibility index (Phi) is 8.87. The molecule has 0 aliphatic rings. The highest BCUT2D eigenvalue weighted by molar-refractivity contribution is 7.80. The third-order valence-corrected chi connectivity index (χ3v) is 5.56. The topological polar surface area (TPSA) is 79.5 Å². The molecule has 176 valence electrons. The zero-order valence-electron chi connectivity index (χ0n) is 18.5. The molecule has 9 heteroatoms. The fraction of sp³-hybridized carbons (Fsp3) is 0.160. The number of nitrogens with one attached hydrogen (secondary N) is 3. The van der Waals surface area contributed by atoms with Crippen LogP contribution >= 0.6 is 35.4 Å². The molecule has 0 bridgehead atoms. The Morgan fingerprint density at radius 2 is 1.62 bits per heavy atom. The van der Waals surface area contributed by atoms with Crippen LogP contribution in [0.1, 0.15) is 41.0 Å². The number of thiocarbonyl (C=S) groups is 1. The molecule has 0 fully saturated rings. The lowest BCUT2D eigenvalue weighted by atomic mass is 10.2. The SMILES string of the molecule is CC[C@H](C)Oc1ccc(C(=O)NC(=S)Nc2cccc(NC(=O)c3ccc(Cl)cc3Cl)c2)cc1. The van der Waals surface area contributed by atoms with Crippen molar-refractivity contribution in [1.29, 1.82) is 0 Å². The Morgan fingerprint density at radius 1 is 0.941 bits per heavy atom. The number of ether oxygens (including phenoxy) is 1. The second-order valence-corrected chi connectivity index (χ2v) is 8.68. The van der Waals surface area contributed by atoms with Crippen LogP contribution in [0, 0.1) is 0 Å². The number of carbonyl (C=O) groups excluding carboxylic acids is 2. The molecular formula is C25H23Cl2N3O3S. The Labute approximate surface area is 213 Å². The van der Waals surface area contributed by atoms with Crippen LogP contribution in [0.5, 0.6) is 5.75 Å². The van der Waals surface area contributed by atoms with Crippen molar-refractivity contribution in [1.82, 2.24) is 5.32 Å². The molecule has 0 aliphatic heterocycles. The van der Waals surface area contributed by atoms with Gasteiger partial charge in [-0.1, -0.05) is 36.2 Å². The molecule has 3 aromatic rings. The number of anilines is 2. The second-order valence-electron chi connectivity index (χ2n) is 7.43. The van der Waals surface area contributed by atoms with E-state index in [0.29, 0.717) is 33.3 Å². The minimum absolute atomic E-state index is 0.0974. The number of rotatable bonds is 7. The molecule has 0 aromatic heterocycles. The third kappa shape index (κ3) is 7.18. The average molecular weight is 516 g/mol. The van der Waals surface area contributed by atoms with Crippen LogP contribution in [-0.4, -0.2) is 23.0 Å². The zero-order valence-corrected chi connectivity index (χ0v) is 20.9. The first-order chi connectivity index (χ1) is 16.2. The number of carbonyl (C=O) groups is 2. The molecule has 3 rings (SSSR count). The molecule has 0 spiro atoms. The smallest absolute Gasteiger partial charge is 0.257 e. The molecular weight excluding hydrogens is 493 g/mol. The molecule has 1 atom stereocenters. The van der Waals surface area contributed by atoms with Crippen molar-refractivity contribution in [2.45, 2.75) is 26.4 Å². The molecule has 0 saturated heterocycles. The summed E-state index contributed by atoms with van der Waals surface area (Å²) in [5.74, 6) is -0.0322. The largest absolute Gasteiger partial charge is 0.491 e. The van der Waals surface area contributed by atoms with Crippen molar-refractivity contribution in [3.05, 3.63) is 87.9 Å². The molecule has 6 nitrogen and oxygen atoms in total. The Morgan fingerprint density at radius 3 is 2.26 bits per heavy atom. The van der Waals surface area contributed by atoms with E-state index in [1.165, 1.54) is 6.07 Å². The van der Waals surface area contributed by atoms with Gasteiger partial charge in [0.05, 0.1) is 16.7 Å². The predicted octanol–water partition coefficient (Wildman–Crippen LogP) is 6.55. The number of hydrogen-bond donors (Lipinski definition) is 3. The monoisotopic (exact) mass is 515 g/mol. The van der Waals surface area contributed by atoms with Gasteiger partial charge in [-0.05, 0) is 86.2 Å². The van der Waals surface area contributed by atoms with Gasteiger partial charge < -0.3 is 15.4 Å². The summed E-state index contributed by atoms with van der Waals surface area (Å²) in [6.07, 6.45) is 0.988. The van der Waals surface area contributed by atoms with Crippen molar-refractivity contribution in [3.63, 3.8) is 0 Å². The molecule has 0 unspecified atom stereocenters. The lowest BCUT2D eigenvalue weighted by Gasteiger charge is -2.13. The standard InChI is InChI=1S/C25H23Cl2N3O3S/c1-3-15(2)33-20-10-7-16(8-11-20)23(31)30-25(34)29-19-6-4-5-18(14-19)28-24(32)21-12-9-17(26)13-22(21)27/h4-15H,3H2,1-2H3,(H,28,32)(H2,29,30,31,34)/t15-/m0/s1. The van der Waals surface area contributed by atoms with E-state index in [0.717, 1.165) is 6.42 Å². The maximum Gasteiger partial charge on any atom is 0.257 e. The highest BCUT2D eigenvalue weighted by atomic mass is 35.5. The van der Waals surface area contributed by atoms with Crippen molar-refractivity contribution < 1.29 is 14.3 Å². The molecule has 2 amide bonds. The van der Waals surface area contributed by atoms with E-state index < -0.39 is 0 Å². The van der Waals surface area contributed by atoms with Gasteiger partial charge in [0.2, 0.25) is 0 Å². The third-order valence-electron chi connectivity index (χ3n) is 4.81. The second kappa shape index (κ2) is 11.8. The molecule has 34 heavy (non-hydrogen) atoms. The lowest BCUT2D eigenvalue weighted by molar-refractivity contribution is 0.0976. The van der Waals surface area contributed by atoms with E-state index in [4.69, 9.17) is 40.2 Å². The maximum absolute atomic E-state index is 12.5. The van der Waals surface area contributed by atoms with Crippen LogP contribution < -0.4 is 20.7 Å². The van der Waals surface area contributed by atoms with Gasteiger partial charge in [0.1, 0.15) is 5.75 Å². The molecule has 0 radical (unpaired) electrons. The Hall–Kier alpha value is -3.13. The Balaban J connectivity index is 1.58. The van der Waals surface area contributed by atoms with Crippen LogP contribution in [0.15, 0.2) is 66.7 Å². The van der Waals surface area contributed by atoms with Crippen LogP contribution in [0.25, 0.3) is 0 Å². The fourth-order valence-corrected chi connectivity index (χ4v) is 3.59. The molecule has 0 heterocycles. The van der Waals surface area contributed by atoms with Crippen LogP contribution in [0.4, 0.5) is 11.4 Å². The zero-order chi connectivity index (χ0) is 24.7. The van der Waals surface area contributed by atoms with Gasteiger partial charge in [-0.15, -0.1) is 0 Å². The van der Waals surface area contributed by atoms with Gasteiger partial charge in [-0.25, -0.2) is 0 Å². The van der Waals surface area contributed by atoms with Gasteiger partial charge in [0.25, 0.3) is 11.8 Å². The van der Waals surface area contributed by atoms with Gasteiger partial charge >= 0.3 is 0 Å². The number of halogens is 2. The minimum Gasteiger partial charge on any atom is -0.491 e. The predicted molar refractivity (Wildman–Crippen MR) is 141 cm³/mol. The average Bonchev–Trinajstić information content (AvgIpc) is 2.79. The summed E-state index contributed by atoms with van der Waals surface area (Å²) >= 11 is 17.3. The molecule has 0 aliphatic carbocycles. The summed E-state index contributed by atoms with van der Waals surface area (Å²) in [5, 5.41) is 9.17. The first kappa shape index (κ1) is 25.5. The van der Waals surface area contributed by atoms with E-state index >= 15 is 0 Å². The number of hydrogen-bond acceptors (Lipinski definition) is 4. The molecule has 3 aromatic carbocycles. The number of benzene rings is 3. The maximum atomic E-state index is 12.5. The summed E-state index contributed by atoms with van der Waals surface area (Å²) in [6, 6.07) is 18.4.